The van der Waals surface area contributed by atoms with Gasteiger partial charge in [-0.1, -0.05) is 17.4 Å². The van der Waals surface area contributed by atoms with Crippen molar-refractivity contribution in [1.29, 1.82) is 0 Å². The number of amides is 1. The van der Waals surface area contributed by atoms with Crippen LogP contribution in [0.3, 0.4) is 0 Å². The van der Waals surface area contributed by atoms with Crippen LogP contribution in [0, 0.1) is 5.92 Å². The fourth-order valence-corrected chi connectivity index (χ4v) is 5.42. The van der Waals surface area contributed by atoms with Crippen LogP contribution in [0.15, 0.2) is 18.2 Å². The summed E-state index contributed by atoms with van der Waals surface area (Å²) in [6.45, 7) is 6.12. The number of carbonyl (C=O) groups excluding carboxylic acids is 1. The SMILES string of the molecule is CCOc1cccc2sc(N3CCC(C(=O)N4CCSCC4)C3)nc12. The van der Waals surface area contributed by atoms with Gasteiger partial charge in [-0.3, -0.25) is 4.79 Å². The average molecular weight is 378 g/mol. The lowest BCUT2D eigenvalue weighted by Gasteiger charge is -2.28. The molecule has 3 heterocycles. The van der Waals surface area contributed by atoms with Gasteiger partial charge in [-0.2, -0.15) is 11.8 Å². The van der Waals surface area contributed by atoms with Crippen molar-refractivity contribution in [2.45, 2.75) is 13.3 Å². The Bertz CT molecular complexity index is 758. The molecule has 25 heavy (non-hydrogen) atoms. The fraction of sp³-hybridized carbons (Fsp3) is 0.556. The van der Waals surface area contributed by atoms with Crippen molar-refractivity contribution >= 4 is 44.4 Å². The summed E-state index contributed by atoms with van der Waals surface area (Å²) in [4.78, 5) is 21.9. The molecule has 1 aromatic heterocycles. The van der Waals surface area contributed by atoms with Crippen LogP contribution in [-0.2, 0) is 4.79 Å². The molecule has 1 aromatic carbocycles. The lowest BCUT2D eigenvalue weighted by molar-refractivity contribution is -0.134. The molecule has 0 aliphatic carbocycles. The number of benzene rings is 1. The van der Waals surface area contributed by atoms with Gasteiger partial charge in [0.1, 0.15) is 11.3 Å². The first-order chi connectivity index (χ1) is 12.3. The Morgan fingerprint density at radius 1 is 1.32 bits per heavy atom. The molecule has 0 radical (unpaired) electrons. The molecule has 1 amide bonds. The predicted molar refractivity (Wildman–Crippen MR) is 105 cm³/mol. The molecule has 2 aromatic rings. The molecule has 1 atom stereocenters. The van der Waals surface area contributed by atoms with E-state index in [1.807, 2.05) is 30.8 Å². The summed E-state index contributed by atoms with van der Waals surface area (Å²) in [5.74, 6) is 3.43. The Balaban J connectivity index is 1.49. The zero-order valence-electron chi connectivity index (χ0n) is 14.4. The highest BCUT2D eigenvalue weighted by Crippen LogP contribution is 2.36. The summed E-state index contributed by atoms with van der Waals surface area (Å²) < 4.78 is 6.84. The molecule has 0 spiro atoms. The summed E-state index contributed by atoms with van der Waals surface area (Å²) in [6.07, 6.45) is 0.927. The molecule has 1 unspecified atom stereocenters. The monoisotopic (exact) mass is 377 g/mol. The van der Waals surface area contributed by atoms with Crippen LogP contribution >= 0.6 is 23.1 Å². The number of thioether (sulfide) groups is 1. The molecule has 7 heteroatoms. The van der Waals surface area contributed by atoms with Gasteiger partial charge in [0.15, 0.2) is 5.13 Å². The highest BCUT2D eigenvalue weighted by atomic mass is 32.2. The fourth-order valence-electron chi connectivity index (χ4n) is 3.50. The molecule has 0 N–H and O–H groups in total. The number of aromatic nitrogens is 1. The quantitative estimate of drug-likeness (QED) is 0.819. The van der Waals surface area contributed by atoms with Gasteiger partial charge in [0.2, 0.25) is 5.91 Å². The second kappa shape index (κ2) is 7.41. The summed E-state index contributed by atoms with van der Waals surface area (Å²) in [6, 6.07) is 6.07. The lowest BCUT2D eigenvalue weighted by atomic mass is 10.1. The van der Waals surface area contributed by atoms with Crippen LogP contribution in [0.25, 0.3) is 10.2 Å². The Kier molecular flexibility index (Phi) is 5.03. The molecule has 2 aliphatic rings. The topological polar surface area (TPSA) is 45.7 Å². The number of carbonyl (C=O) groups is 1. The molecule has 5 nitrogen and oxygen atoms in total. The largest absolute Gasteiger partial charge is 0.492 e. The van der Waals surface area contributed by atoms with Crippen LogP contribution in [0.5, 0.6) is 5.75 Å². The number of thiazole rings is 1. The highest BCUT2D eigenvalue weighted by Gasteiger charge is 2.33. The Morgan fingerprint density at radius 2 is 2.16 bits per heavy atom. The van der Waals surface area contributed by atoms with Crippen LogP contribution in [0.2, 0.25) is 0 Å². The van der Waals surface area contributed by atoms with Gasteiger partial charge in [-0.15, -0.1) is 0 Å². The maximum absolute atomic E-state index is 12.7. The summed E-state index contributed by atoms with van der Waals surface area (Å²) in [5.41, 5.74) is 0.937. The van der Waals surface area contributed by atoms with Gasteiger partial charge in [-0.25, -0.2) is 4.98 Å². The maximum Gasteiger partial charge on any atom is 0.227 e. The Labute approximate surface area is 156 Å². The van der Waals surface area contributed by atoms with E-state index in [1.54, 1.807) is 11.3 Å². The van der Waals surface area contributed by atoms with E-state index in [9.17, 15) is 4.79 Å². The Morgan fingerprint density at radius 3 is 2.96 bits per heavy atom. The predicted octanol–water partition coefficient (Wildman–Crippen LogP) is 3.10. The number of rotatable bonds is 4. The standard InChI is InChI=1S/C18H23N3O2S2/c1-2-23-14-4-3-5-15-16(14)19-18(25-15)21-7-6-13(12-21)17(22)20-8-10-24-11-9-20/h3-5,13H,2,6-12H2,1H3. The number of nitrogens with zero attached hydrogens (tertiary/aromatic N) is 3. The lowest BCUT2D eigenvalue weighted by Crippen LogP contribution is -2.42. The first-order valence-corrected chi connectivity index (χ1v) is 10.9. The zero-order chi connectivity index (χ0) is 17.2. The number of hydrogen-bond donors (Lipinski definition) is 0. The first kappa shape index (κ1) is 17.0. The van der Waals surface area contributed by atoms with E-state index < -0.39 is 0 Å². The number of hydrogen-bond acceptors (Lipinski definition) is 6. The minimum Gasteiger partial charge on any atom is -0.492 e. The van der Waals surface area contributed by atoms with Crippen LogP contribution in [-0.4, -0.2) is 60.1 Å². The Hall–Kier alpha value is -1.47. The first-order valence-electron chi connectivity index (χ1n) is 8.90. The molecule has 0 saturated carbocycles. The van der Waals surface area contributed by atoms with E-state index in [4.69, 9.17) is 9.72 Å². The van der Waals surface area contributed by atoms with Crippen molar-refractivity contribution in [3.63, 3.8) is 0 Å². The number of para-hydroxylation sites is 1. The number of fused-ring (bicyclic) bond motifs is 1. The van der Waals surface area contributed by atoms with Gasteiger partial charge in [0, 0.05) is 37.7 Å². The molecule has 2 saturated heterocycles. The molecular weight excluding hydrogens is 354 g/mol. The molecule has 2 aliphatic heterocycles. The third kappa shape index (κ3) is 3.44. The van der Waals surface area contributed by atoms with Gasteiger partial charge in [0.25, 0.3) is 0 Å². The van der Waals surface area contributed by atoms with Gasteiger partial charge in [-0.05, 0) is 25.5 Å². The smallest absolute Gasteiger partial charge is 0.227 e. The van der Waals surface area contributed by atoms with Crippen molar-refractivity contribution in [2.75, 3.05) is 49.2 Å². The van der Waals surface area contributed by atoms with Crippen molar-refractivity contribution < 1.29 is 9.53 Å². The van der Waals surface area contributed by atoms with Crippen molar-refractivity contribution in [3.05, 3.63) is 18.2 Å². The average Bonchev–Trinajstić information content (AvgIpc) is 3.29. The van der Waals surface area contributed by atoms with E-state index in [2.05, 4.69) is 15.9 Å². The van der Waals surface area contributed by atoms with Crippen molar-refractivity contribution in [3.8, 4) is 5.75 Å². The summed E-state index contributed by atoms with van der Waals surface area (Å²) in [7, 11) is 0. The zero-order valence-corrected chi connectivity index (χ0v) is 16.1. The second-order valence-electron chi connectivity index (χ2n) is 6.40. The molecule has 134 valence electrons. The van der Waals surface area contributed by atoms with Crippen LogP contribution in [0.1, 0.15) is 13.3 Å². The number of anilines is 1. The number of ether oxygens (including phenoxy) is 1. The summed E-state index contributed by atoms with van der Waals surface area (Å²) >= 11 is 3.63. The summed E-state index contributed by atoms with van der Waals surface area (Å²) in [5, 5.41) is 1.01. The molecule has 0 bridgehead atoms. The highest BCUT2D eigenvalue weighted by molar-refractivity contribution is 7.99. The van der Waals surface area contributed by atoms with Gasteiger partial charge in [0.05, 0.1) is 17.2 Å². The van der Waals surface area contributed by atoms with E-state index in [0.29, 0.717) is 12.5 Å². The van der Waals surface area contributed by atoms with Crippen LogP contribution < -0.4 is 9.64 Å². The minimum absolute atomic E-state index is 0.112. The van der Waals surface area contributed by atoms with Crippen LogP contribution in [0.4, 0.5) is 5.13 Å². The van der Waals surface area contributed by atoms with Crippen molar-refractivity contribution in [2.24, 2.45) is 5.92 Å². The maximum atomic E-state index is 12.7. The van der Waals surface area contributed by atoms with E-state index in [-0.39, 0.29) is 5.92 Å². The van der Waals surface area contributed by atoms with Crippen molar-refractivity contribution in [1.82, 2.24) is 9.88 Å². The molecular formula is C18H23N3O2S2. The van der Waals surface area contributed by atoms with E-state index >= 15 is 0 Å². The van der Waals surface area contributed by atoms with Gasteiger partial charge < -0.3 is 14.5 Å². The molecule has 4 rings (SSSR count). The third-order valence-corrected chi connectivity index (χ3v) is 6.83. The van der Waals surface area contributed by atoms with E-state index in [1.165, 1.54) is 0 Å². The minimum atomic E-state index is 0.112. The molecule has 2 fully saturated rings. The van der Waals surface area contributed by atoms with E-state index in [0.717, 1.165) is 65.2 Å². The van der Waals surface area contributed by atoms with Gasteiger partial charge >= 0.3 is 0 Å². The second-order valence-corrected chi connectivity index (χ2v) is 8.64. The third-order valence-electron chi connectivity index (χ3n) is 4.80. The normalized spacial score (nSPS) is 21.1.